The summed E-state index contributed by atoms with van der Waals surface area (Å²) in [4.78, 5) is 15.1. The van der Waals surface area contributed by atoms with Crippen LogP contribution in [-0.4, -0.2) is 15.0 Å². The minimum absolute atomic E-state index is 0.0543. The van der Waals surface area contributed by atoms with E-state index in [1.165, 1.54) is 33.4 Å². The molecule has 1 aliphatic carbocycles. The number of hydrogen-bond acceptors (Lipinski definition) is 3. The molecule has 46 heavy (non-hydrogen) atoms. The van der Waals surface area contributed by atoms with Gasteiger partial charge in [-0.25, -0.2) is 15.0 Å². The van der Waals surface area contributed by atoms with Crippen molar-refractivity contribution in [2.75, 3.05) is 0 Å². The second kappa shape index (κ2) is 10.6. The maximum Gasteiger partial charge on any atom is 0.164 e. The van der Waals surface area contributed by atoms with E-state index in [4.69, 9.17) is 15.0 Å². The Labute approximate surface area is 270 Å². The molecule has 0 aliphatic heterocycles. The van der Waals surface area contributed by atoms with Gasteiger partial charge >= 0.3 is 0 Å². The fourth-order valence-electron chi connectivity index (χ4n) is 7.17. The first-order valence-electron chi connectivity index (χ1n) is 16.0. The van der Waals surface area contributed by atoms with E-state index < -0.39 is 0 Å². The zero-order valence-corrected chi connectivity index (χ0v) is 26.6. The molecule has 1 aromatic heterocycles. The Balaban J connectivity index is 1.35. The van der Waals surface area contributed by atoms with Gasteiger partial charge in [0.1, 0.15) is 0 Å². The van der Waals surface area contributed by atoms with Crippen LogP contribution in [0.3, 0.4) is 0 Å². The van der Waals surface area contributed by atoms with E-state index in [0.29, 0.717) is 17.5 Å². The number of hydrogen-bond donors (Lipinski definition) is 0. The van der Waals surface area contributed by atoms with E-state index in [1.807, 2.05) is 36.4 Å². The van der Waals surface area contributed by atoms with Gasteiger partial charge in [0, 0.05) is 22.1 Å². The molecule has 0 saturated carbocycles. The third-order valence-corrected chi connectivity index (χ3v) is 10.3. The summed E-state index contributed by atoms with van der Waals surface area (Å²) in [6.07, 6.45) is 0. The first-order chi connectivity index (χ1) is 22.3. The summed E-state index contributed by atoms with van der Waals surface area (Å²) in [6, 6.07) is 49.3. The van der Waals surface area contributed by atoms with Gasteiger partial charge in [-0.2, -0.15) is 0 Å². The highest BCUT2D eigenvalue weighted by Crippen LogP contribution is 2.56. The fourth-order valence-corrected chi connectivity index (χ4v) is 7.17. The Morgan fingerprint density at radius 2 is 0.935 bits per heavy atom. The number of rotatable bonds is 4. The van der Waals surface area contributed by atoms with E-state index in [2.05, 4.69) is 131 Å². The van der Waals surface area contributed by atoms with E-state index in [1.54, 1.807) is 0 Å². The number of nitrogens with zero attached hydrogens (tertiary/aromatic N) is 3. The van der Waals surface area contributed by atoms with Crippen molar-refractivity contribution in [2.24, 2.45) is 0 Å². The second-order valence-electron chi connectivity index (χ2n) is 13.3. The predicted octanol–water partition coefficient (Wildman–Crippen LogP) is 10.9. The van der Waals surface area contributed by atoms with Crippen LogP contribution in [-0.2, 0) is 10.8 Å². The van der Waals surface area contributed by atoms with Crippen molar-refractivity contribution < 1.29 is 0 Å². The molecule has 7 aromatic rings. The lowest BCUT2D eigenvalue weighted by atomic mass is 9.54. The van der Waals surface area contributed by atoms with Crippen LogP contribution in [0.2, 0.25) is 0 Å². The first kappa shape index (κ1) is 28.1. The van der Waals surface area contributed by atoms with Crippen LogP contribution in [0.15, 0.2) is 140 Å². The lowest BCUT2D eigenvalue weighted by Gasteiger charge is -2.49. The van der Waals surface area contributed by atoms with Crippen molar-refractivity contribution in [3.05, 3.63) is 151 Å². The van der Waals surface area contributed by atoms with Gasteiger partial charge < -0.3 is 0 Å². The summed E-state index contributed by atoms with van der Waals surface area (Å²) in [5.74, 6) is 2.00. The highest BCUT2D eigenvalue weighted by molar-refractivity contribution is 5.99. The van der Waals surface area contributed by atoms with E-state index in [-0.39, 0.29) is 10.8 Å². The van der Waals surface area contributed by atoms with Crippen molar-refractivity contribution in [1.29, 1.82) is 0 Å². The lowest BCUT2D eigenvalue weighted by Crippen LogP contribution is -2.43. The Morgan fingerprint density at radius 3 is 1.63 bits per heavy atom. The minimum atomic E-state index is -0.106. The molecule has 6 aromatic carbocycles. The molecule has 0 bridgehead atoms. The molecule has 3 heteroatoms. The summed E-state index contributed by atoms with van der Waals surface area (Å²) >= 11 is 0. The van der Waals surface area contributed by atoms with E-state index in [9.17, 15) is 0 Å². The van der Waals surface area contributed by atoms with Crippen LogP contribution in [0.1, 0.15) is 38.8 Å². The van der Waals surface area contributed by atoms with Gasteiger partial charge in [0.25, 0.3) is 0 Å². The number of aromatic nitrogens is 3. The molecule has 0 fully saturated rings. The molecule has 8 rings (SSSR count). The smallest absolute Gasteiger partial charge is 0.164 e. The SMILES string of the molecule is CC1(C)c2ccccc2-c2cccc(-c3ccc4cccc(-c5nc(-c6ccccc6)nc(-c6ccccc6)n5)c4c3)c2C1(C)C. The summed E-state index contributed by atoms with van der Waals surface area (Å²) in [6.45, 7) is 9.58. The van der Waals surface area contributed by atoms with Gasteiger partial charge in [0.2, 0.25) is 0 Å². The van der Waals surface area contributed by atoms with Crippen LogP contribution in [0, 0.1) is 0 Å². The Kier molecular flexibility index (Phi) is 6.47. The summed E-state index contributed by atoms with van der Waals surface area (Å²) < 4.78 is 0. The van der Waals surface area contributed by atoms with Crippen LogP contribution in [0.4, 0.5) is 0 Å². The molecular weight excluding hydrogens is 558 g/mol. The van der Waals surface area contributed by atoms with E-state index in [0.717, 1.165) is 27.5 Å². The van der Waals surface area contributed by atoms with Crippen LogP contribution >= 0.6 is 0 Å². The van der Waals surface area contributed by atoms with Gasteiger partial charge in [-0.15, -0.1) is 0 Å². The minimum Gasteiger partial charge on any atom is -0.208 e. The van der Waals surface area contributed by atoms with Gasteiger partial charge in [0.15, 0.2) is 17.5 Å². The highest BCUT2D eigenvalue weighted by Gasteiger charge is 2.46. The van der Waals surface area contributed by atoms with Crippen molar-refractivity contribution in [2.45, 2.75) is 38.5 Å². The fraction of sp³-hybridized carbons (Fsp3) is 0.140. The normalized spacial score (nSPS) is 14.4. The maximum atomic E-state index is 5.07. The summed E-state index contributed by atoms with van der Waals surface area (Å²) in [7, 11) is 0. The van der Waals surface area contributed by atoms with Gasteiger partial charge in [-0.3, -0.25) is 0 Å². The first-order valence-corrected chi connectivity index (χ1v) is 16.0. The molecule has 1 aliphatic rings. The largest absolute Gasteiger partial charge is 0.208 e. The molecule has 0 spiro atoms. The number of fused-ring (bicyclic) bond motifs is 4. The molecule has 0 atom stereocenters. The zero-order valence-electron chi connectivity index (χ0n) is 26.6. The molecule has 0 unspecified atom stereocenters. The van der Waals surface area contributed by atoms with Crippen LogP contribution in [0.25, 0.3) is 67.2 Å². The molecule has 0 N–H and O–H groups in total. The summed E-state index contributed by atoms with van der Waals surface area (Å²) in [5.41, 5.74) is 10.7. The molecule has 3 nitrogen and oxygen atoms in total. The third kappa shape index (κ3) is 4.38. The lowest BCUT2D eigenvalue weighted by molar-refractivity contribution is 0.300. The maximum absolute atomic E-state index is 5.07. The molecule has 0 saturated heterocycles. The second-order valence-corrected chi connectivity index (χ2v) is 13.3. The molecule has 222 valence electrons. The van der Waals surface area contributed by atoms with Crippen molar-refractivity contribution in [3.63, 3.8) is 0 Å². The molecule has 1 heterocycles. The predicted molar refractivity (Wildman–Crippen MR) is 191 cm³/mol. The topological polar surface area (TPSA) is 38.7 Å². The molecule has 0 radical (unpaired) electrons. The van der Waals surface area contributed by atoms with Crippen molar-refractivity contribution in [3.8, 4) is 56.4 Å². The molecule has 0 amide bonds. The highest BCUT2D eigenvalue weighted by atomic mass is 15.0. The third-order valence-electron chi connectivity index (χ3n) is 10.3. The Hall–Kier alpha value is -5.41. The summed E-state index contributed by atoms with van der Waals surface area (Å²) in [5, 5.41) is 2.27. The quantitative estimate of drug-likeness (QED) is 0.204. The number of benzene rings is 6. The Morgan fingerprint density at radius 1 is 0.391 bits per heavy atom. The monoisotopic (exact) mass is 593 g/mol. The average Bonchev–Trinajstić information content (AvgIpc) is 3.11. The van der Waals surface area contributed by atoms with Crippen LogP contribution < -0.4 is 0 Å². The van der Waals surface area contributed by atoms with E-state index >= 15 is 0 Å². The standard InChI is InChI=1S/C43H35N3/c1-42(2)37-24-12-11-20-33(37)34-22-14-21-32(38(34)43(42,3)4)31-26-25-28-19-13-23-35(36(28)27-31)41-45-39(29-15-7-5-8-16-29)44-40(46-41)30-17-9-6-10-18-30/h5-27H,1-4H3. The average molecular weight is 594 g/mol. The zero-order chi connectivity index (χ0) is 31.5. The molecular formula is C43H35N3. The van der Waals surface area contributed by atoms with Gasteiger partial charge in [-0.1, -0.05) is 161 Å². The van der Waals surface area contributed by atoms with Crippen LogP contribution in [0.5, 0.6) is 0 Å². The van der Waals surface area contributed by atoms with Crippen molar-refractivity contribution >= 4 is 10.8 Å². The van der Waals surface area contributed by atoms with Gasteiger partial charge in [-0.05, 0) is 55.6 Å². The van der Waals surface area contributed by atoms with Crippen molar-refractivity contribution in [1.82, 2.24) is 15.0 Å². The van der Waals surface area contributed by atoms with Gasteiger partial charge in [0.05, 0.1) is 0 Å². The Bertz CT molecular complexity index is 2190.